The van der Waals surface area contributed by atoms with Crippen LogP contribution in [0.25, 0.3) is 0 Å². The van der Waals surface area contributed by atoms with Crippen molar-refractivity contribution in [2.24, 2.45) is 5.92 Å². The van der Waals surface area contributed by atoms with E-state index in [4.69, 9.17) is 4.74 Å². The minimum absolute atomic E-state index is 0.0200. The van der Waals surface area contributed by atoms with Gasteiger partial charge in [-0.1, -0.05) is 0 Å². The summed E-state index contributed by atoms with van der Waals surface area (Å²) in [4.78, 5) is 37.9. The molecule has 1 aliphatic heterocycles. The van der Waals surface area contributed by atoms with Crippen molar-refractivity contribution in [1.29, 1.82) is 0 Å². The van der Waals surface area contributed by atoms with Crippen LogP contribution in [-0.2, 0) is 9.59 Å². The second-order valence-corrected chi connectivity index (χ2v) is 7.33. The molecule has 2 aromatic rings. The molecule has 1 aliphatic rings. The van der Waals surface area contributed by atoms with Crippen molar-refractivity contribution in [1.82, 2.24) is 0 Å². The van der Waals surface area contributed by atoms with Gasteiger partial charge in [0.1, 0.15) is 5.75 Å². The summed E-state index contributed by atoms with van der Waals surface area (Å²) in [5.41, 5.74) is 0.937. The molecule has 0 aliphatic carbocycles. The monoisotopic (exact) mass is 480 g/mol. The van der Waals surface area contributed by atoms with Crippen LogP contribution in [0.2, 0.25) is 0 Å². The maximum atomic E-state index is 12.6. The van der Waals surface area contributed by atoms with E-state index in [1.54, 1.807) is 48.4 Å². The van der Waals surface area contributed by atoms with Crippen molar-refractivity contribution in [3.63, 3.8) is 0 Å². The third-order valence-corrected chi connectivity index (χ3v) is 5.02. The lowest BCUT2D eigenvalue weighted by Gasteiger charge is -2.17. The standard InChI is InChI=1S/C19H17IN2O5/c1-27-14-5-3-13(4-6-14)22-10-11(8-17(22)23)18(24)21-16-7-2-12(20)9-15(16)19(25)26/h2-7,9,11H,8,10H2,1H3,(H,21,24)(H,25,26). The van der Waals surface area contributed by atoms with Crippen LogP contribution in [0.5, 0.6) is 5.75 Å². The number of nitrogens with one attached hydrogen (secondary N) is 1. The fourth-order valence-electron chi connectivity index (χ4n) is 2.93. The topological polar surface area (TPSA) is 95.9 Å². The highest BCUT2D eigenvalue weighted by molar-refractivity contribution is 14.1. The molecule has 1 heterocycles. The van der Waals surface area contributed by atoms with Crippen molar-refractivity contribution >= 4 is 51.7 Å². The summed E-state index contributed by atoms with van der Waals surface area (Å²) in [7, 11) is 1.56. The molecule has 2 aromatic carbocycles. The fourth-order valence-corrected chi connectivity index (χ4v) is 3.42. The Hall–Kier alpha value is -2.62. The summed E-state index contributed by atoms with van der Waals surface area (Å²) in [6.07, 6.45) is 0.0740. The van der Waals surface area contributed by atoms with Crippen molar-refractivity contribution in [2.45, 2.75) is 6.42 Å². The number of hydrogen-bond acceptors (Lipinski definition) is 4. The number of methoxy groups -OCH3 is 1. The summed E-state index contributed by atoms with van der Waals surface area (Å²) in [5, 5.41) is 12.0. The number of benzene rings is 2. The maximum absolute atomic E-state index is 12.6. The number of anilines is 2. The van der Waals surface area contributed by atoms with Crippen LogP contribution in [0.3, 0.4) is 0 Å². The molecule has 1 saturated heterocycles. The van der Waals surface area contributed by atoms with E-state index in [2.05, 4.69) is 5.32 Å². The Bertz CT molecular complexity index is 897. The van der Waals surface area contributed by atoms with E-state index in [1.165, 1.54) is 6.07 Å². The molecule has 8 heteroatoms. The van der Waals surface area contributed by atoms with Crippen LogP contribution in [0.4, 0.5) is 11.4 Å². The Labute approximate surface area is 169 Å². The number of amides is 2. The van der Waals surface area contributed by atoms with Gasteiger partial charge in [0, 0.05) is 22.2 Å². The van der Waals surface area contributed by atoms with Gasteiger partial charge in [0.05, 0.1) is 24.3 Å². The lowest BCUT2D eigenvalue weighted by molar-refractivity contribution is -0.122. The van der Waals surface area contributed by atoms with Gasteiger partial charge in [-0.15, -0.1) is 0 Å². The van der Waals surface area contributed by atoms with E-state index in [9.17, 15) is 19.5 Å². The zero-order valence-electron chi connectivity index (χ0n) is 14.4. The summed E-state index contributed by atoms with van der Waals surface area (Å²) >= 11 is 2.01. The zero-order chi connectivity index (χ0) is 19.6. The van der Waals surface area contributed by atoms with E-state index in [0.29, 0.717) is 11.4 Å². The van der Waals surface area contributed by atoms with E-state index >= 15 is 0 Å². The Balaban J connectivity index is 1.73. The number of hydrogen-bond donors (Lipinski definition) is 2. The van der Waals surface area contributed by atoms with Gasteiger partial charge in [-0.05, 0) is 65.1 Å². The lowest BCUT2D eigenvalue weighted by Crippen LogP contribution is -2.28. The SMILES string of the molecule is COc1ccc(N2CC(C(=O)Nc3ccc(I)cc3C(=O)O)CC2=O)cc1. The first-order valence-corrected chi connectivity index (χ1v) is 9.25. The van der Waals surface area contributed by atoms with Crippen LogP contribution in [0, 0.1) is 9.49 Å². The molecule has 0 radical (unpaired) electrons. The molecule has 7 nitrogen and oxygen atoms in total. The zero-order valence-corrected chi connectivity index (χ0v) is 16.6. The maximum Gasteiger partial charge on any atom is 0.337 e. The number of ether oxygens (including phenoxy) is 1. The van der Waals surface area contributed by atoms with Crippen molar-refractivity contribution in [3.05, 3.63) is 51.6 Å². The van der Waals surface area contributed by atoms with Gasteiger partial charge in [0.15, 0.2) is 0 Å². The van der Waals surface area contributed by atoms with Gasteiger partial charge in [-0.25, -0.2) is 4.79 Å². The number of carbonyl (C=O) groups excluding carboxylic acids is 2. The van der Waals surface area contributed by atoms with E-state index in [0.717, 1.165) is 3.57 Å². The van der Waals surface area contributed by atoms with Crippen LogP contribution in [0.1, 0.15) is 16.8 Å². The Kier molecular flexibility index (Phi) is 5.64. The van der Waals surface area contributed by atoms with E-state index in [1.807, 2.05) is 22.6 Å². The van der Waals surface area contributed by atoms with Crippen LogP contribution in [0.15, 0.2) is 42.5 Å². The molecule has 0 saturated carbocycles. The fraction of sp³-hybridized carbons (Fsp3) is 0.211. The van der Waals surface area contributed by atoms with Gasteiger partial charge >= 0.3 is 5.97 Å². The van der Waals surface area contributed by atoms with Gasteiger partial charge in [-0.3, -0.25) is 9.59 Å². The predicted octanol–water partition coefficient (Wildman–Crippen LogP) is 2.99. The Morgan fingerprint density at radius 3 is 2.56 bits per heavy atom. The Morgan fingerprint density at radius 1 is 1.22 bits per heavy atom. The summed E-state index contributed by atoms with van der Waals surface area (Å²) in [6, 6.07) is 11.8. The Morgan fingerprint density at radius 2 is 1.93 bits per heavy atom. The molecule has 3 rings (SSSR count). The smallest absolute Gasteiger partial charge is 0.337 e. The highest BCUT2D eigenvalue weighted by Gasteiger charge is 2.35. The number of carboxylic acid groups (broad SMARTS) is 1. The van der Waals surface area contributed by atoms with E-state index < -0.39 is 11.9 Å². The molecule has 0 spiro atoms. The molecule has 2 amide bonds. The minimum Gasteiger partial charge on any atom is -0.497 e. The molecule has 0 bridgehead atoms. The summed E-state index contributed by atoms with van der Waals surface area (Å²) in [6.45, 7) is 0.240. The molecule has 0 aromatic heterocycles. The first-order chi connectivity index (χ1) is 12.9. The highest BCUT2D eigenvalue weighted by atomic mass is 127. The molecule has 27 heavy (non-hydrogen) atoms. The van der Waals surface area contributed by atoms with Crippen molar-refractivity contribution < 1.29 is 24.2 Å². The summed E-state index contributed by atoms with van der Waals surface area (Å²) < 4.78 is 5.86. The number of rotatable bonds is 5. The second-order valence-electron chi connectivity index (χ2n) is 6.09. The number of carboxylic acids is 1. The molecule has 140 valence electrons. The second kappa shape index (κ2) is 7.95. The molecule has 1 unspecified atom stereocenters. The van der Waals surface area contributed by atoms with Gasteiger partial charge in [-0.2, -0.15) is 0 Å². The normalized spacial score (nSPS) is 16.3. The van der Waals surface area contributed by atoms with Gasteiger partial charge in [0.2, 0.25) is 11.8 Å². The van der Waals surface area contributed by atoms with Crippen molar-refractivity contribution in [3.8, 4) is 5.75 Å². The van der Waals surface area contributed by atoms with Gasteiger partial charge < -0.3 is 20.1 Å². The minimum atomic E-state index is -1.12. The van der Waals surface area contributed by atoms with Crippen LogP contribution >= 0.6 is 22.6 Å². The molecule has 2 N–H and O–H groups in total. The van der Waals surface area contributed by atoms with Gasteiger partial charge in [0.25, 0.3) is 0 Å². The third kappa shape index (κ3) is 4.21. The number of carbonyl (C=O) groups is 3. The average molecular weight is 480 g/mol. The number of aromatic carboxylic acids is 1. The number of halogens is 1. The molecular formula is C19H17IN2O5. The first-order valence-electron chi connectivity index (χ1n) is 8.17. The molecular weight excluding hydrogens is 463 g/mol. The van der Waals surface area contributed by atoms with Crippen LogP contribution in [-0.4, -0.2) is 36.5 Å². The predicted molar refractivity (Wildman–Crippen MR) is 108 cm³/mol. The average Bonchev–Trinajstić information content (AvgIpc) is 3.05. The van der Waals surface area contributed by atoms with Crippen molar-refractivity contribution in [2.75, 3.05) is 23.9 Å². The number of nitrogens with zero attached hydrogens (tertiary/aromatic N) is 1. The first kappa shape index (κ1) is 19.2. The summed E-state index contributed by atoms with van der Waals surface area (Å²) in [5.74, 6) is -1.52. The van der Waals surface area contributed by atoms with E-state index in [-0.39, 0.29) is 36.0 Å². The quantitative estimate of drug-likeness (QED) is 0.642. The third-order valence-electron chi connectivity index (χ3n) is 4.35. The van der Waals surface area contributed by atoms with Crippen LogP contribution < -0.4 is 15.0 Å². The highest BCUT2D eigenvalue weighted by Crippen LogP contribution is 2.28. The lowest BCUT2D eigenvalue weighted by atomic mass is 10.1. The largest absolute Gasteiger partial charge is 0.497 e. The molecule has 1 atom stereocenters. The molecule has 1 fully saturated rings.